The number of anilines is 1. The van der Waals surface area contributed by atoms with E-state index in [1.165, 1.54) is 14.2 Å². The Morgan fingerprint density at radius 3 is 2.00 bits per heavy atom. The highest BCUT2D eigenvalue weighted by atomic mass is 16.5. The molecule has 0 radical (unpaired) electrons. The fourth-order valence-electron chi connectivity index (χ4n) is 3.10. The second-order valence-electron chi connectivity index (χ2n) is 6.57. The third kappa shape index (κ3) is 3.43. The van der Waals surface area contributed by atoms with E-state index in [1.54, 1.807) is 19.2 Å². The second kappa shape index (κ2) is 7.72. The second-order valence-corrected chi connectivity index (χ2v) is 6.57. The van der Waals surface area contributed by atoms with Gasteiger partial charge in [0, 0.05) is 30.9 Å². The third-order valence-electron chi connectivity index (χ3n) is 4.57. The van der Waals surface area contributed by atoms with Gasteiger partial charge >= 0.3 is 0 Å². The van der Waals surface area contributed by atoms with Gasteiger partial charge in [-0.3, -0.25) is 0 Å². The van der Waals surface area contributed by atoms with Gasteiger partial charge in [-0.25, -0.2) is 4.98 Å². The molecule has 2 aromatic carbocycles. The van der Waals surface area contributed by atoms with Crippen LogP contribution in [0.4, 0.5) is 5.69 Å². The first-order valence-electron chi connectivity index (χ1n) is 8.77. The number of aromatic hydroxyl groups is 1. The van der Waals surface area contributed by atoms with Gasteiger partial charge in [0.15, 0.2) is 11.5 Å². The Kier molecular flexibility index (Phi) is 5.35. The monoisotopic (exact) mass is 383 g/mol. The van der Waals surface area contributed by atoms with Gasteiger partial charge in [-0.1, -0.05) is 6.07 Å². The number of aromatic nitrogens is 2. The van der Waals surface area contributed by atoms with Gasteiger partial charge in [0.2, 0.25) is 5.75 Å². The van der Waals surface area contributed by atoms with Crippen LogP contribution in [-0.2, 0) is 0 Å². The van der Waals surface area contributed by atoms with E-state index in [0.29, 0.717) is 17.3 Å². The van der Waals surface area contributed by atoms with Crippen molar-refractivity contribution in [1.82, 2.24) is 9.97 Å². The Morgan fingerprint density at radius 2 is 1.46 bits per heavy atom. The van der Waals surface area contributed by atoms with Crippen LogP contribution in [0, 0.1) is 6.92 Å². The Hall–Kier alpha value is -3.35. The maximum Gasteiger partial charge on any atom is 0.200 e. The summed E-state index contributed by atoms with van der Waals surface area (Å²) in [7, 11) is 8.59. The highest BCUT2D eigenvalue weighted by Crippen LogP contribution is 2.40. The van der Waals surface area contributed by atoms with E-state index in [0.717, 1.165) is 34.0 Å². The smallest absolute Gasteiger partial charge is 0.200 e. The molecular weight excluding hydrogens is 358 g/mol. The summed E-state index contributed by atoms with van der Waals surface area (Å²) in [4.78, 5) is 10.1. The predicted octanol–water partition coefficient (Wildman–Crippen LogP) is 3.85. The molecule has 1 aromatic heterocycles. The number of phenolic OH excluding ortho intramolecular Hbond substituents is 1. The average molecular weight is 383 g/mol. The molecule has 0 aliphatic heterocycles. The number of H-pyrrole nitrogens is 1. The van der Waals surface area contributed by atoms with Crippen molar-refractivity contribution < 1.29 is 19.3 Å². The lowest BCUT2D eigenvalue weighted by molar-refractivity contribution is 0.340. The minimum Gasteiger partial charge on any atom is -0.502 e. The molecule has 1 heterocycles. The molecule has 2 N–H and O–H groups in total. The third-order valence-corrected chi connectivity index (χ3v) is 4.57. The number of methoxy groups -OCH3 is 3. The fraction of sp³-hybridized carbons (Fsp3) is 0.286. The van der Waals surface area contributed by atoms with E-state index in [2.05, 4.69) is 4.98 Å². The van der Waals surface area contributed by atoms with Crippen LogP contribution in [-0.4, -0.2) is 50.5 Å². The van der Waals surface area contributed by atoms with Gasteiger partial charge in [0.1, 0.15) is 11.6 Å². The van der Waals surface area contributed by atoms with Gasteiger partial charge in [0.25, 0.3) is 0 Å². The zero-order valence-corrected chi connectivity index (χ0v) is 17.0. The summed E-state index contributed by atoms with van der Waals surface area (Å²) in [6, 6.07) is 9.43. The normalized spacial score (nSPS) is 10.6. The molecule has 3 aromatic rings. The first-order chi connectivity index (χ1) is 13.4. The minimum absolute atomic E-state index is 0.0405. The summed E-state index contributed by atoms with van der Waals surface area (Å²) >= 11 is 0. The molecule has 0 atom stereocenters. The molecule has 0 fully saturated rings. The van der Waals surface area contributed by atoms with Gasteiger partial charge in [-0.05, 0) is 31.2 Å². The van der Waals surface area contributed by atoms with Crippen molar-refractivity contribution in [2.75, 3.05) is 40.3 Å². The molecule has 0 aliphatic carbocycles. The number of hydrogen-bond acceptors (Lipinski definition) is 6. The predicted molar refractivity (Wildman–Crippen MR) is 110 cm³/mol. The van der Waals surface area contributed by atoms with Crippen molar-refractivity contribution in [3.63, 3.8) is 0 Å². The molecule has 148 valence electrons. The van der Waals surface area contributed by atoms with E-state index in [9.17, 15) is 5.11 Å². The lowest BCUT2D eigenvalue weighted by Gasteiger charge is -2.17. The van der Waals surface area contributed by atoms with E-state index >= 15 is 0 Å². The van der Waals surface area contributed by atoms with Gasteiger partial charge in [0.05, 0.1) is 32.7 Å². The van der Waals surface area contributed by atoms with E-state index < -0.39 is 0 Å². The maximum absolute atomic E-state index is 10.1. The topological polar surface area (TPSA) is 79.8 Å². The van der Waals surface area contributed by atoms with Crippen LogP contribution in [0.3, 0.4) is 0 Å². The number of ether oxygens (including phenoxy) is 3. The Bertz CT molecular complexity index is 970. The quantitative estimate of drug-likeness (QED) is 0.673. The zero-order chi connectivity index (χ0) is 20.4. The van der Waals surface area contributed by atoms with Crippen LogP contribution in [0.2, 0.25) is 0 Å². The molecule has 0 amide bonds. The zero-order valence-electron chi connectivity index (χ0n) is 17.0. The molecule has 0 spiro atoms. The summed E-state index contributed by atoms with van der Waals surface area (Å²) in [5, 5.41) is 10.1. The lowest BCUT2D eigenvalue weighted by atomic mass is 10.1. The first-order valence-corrected chi connectivity index (χ1v) is 8.77. The molecule has 0 saturated heterocycles. The molecule has 3 rings (SSSR count). The van der Waals surface area contributed by atoms with Crippen LogP contribution in [0.1, 0.15) is 5.69 Å². The number of aryl methyl sites for hydroxylation is 1. The van der Waals surface area contributed by atoms with Crippen molar-refractivity contribution in [1.29, 1.82) is 0 Å². The standard InChI is InChI=1S/C21H25N3O4/c1-12-19(13-7-8-15(24(2)3)16(9-13)26-4)23-21(22-12)14-10-17(27-5)20(25)18(11-14)28-6/h7-11,25H,1-6H3,(H,22,23). The summed E-state index contributed by atoms with van der Waals surface area (Å²) in [5.74, 6) is 2.03. The SMILES string of the molecule is COc1cc(-c2nc(-c3cc(OC)c(O)c(OC)c3)[nH]c2C)ccc1N(C)C. The Balaban J connectivity index is 2.08. The number of phenols is 1. The van der Waals surface area contributed by atoms with Crippen molar-refractivity contribution in [2.24, 2.45) is 0 Å². The summed E-state index contributed by atoms with van der Waals surface area (Å²) in [6.45, 7) is 1.97. The summed E-state index contributed by atoms with van der Waals surface area (Å²) < 4.78 is 16.0. The maximum atomic E-state index is 10.1. The number of rotatable bonds is 6. The Morgan fingerprint density at radius 1 is 0.893 bits per heavy atom. The van der Waals surface area contributed by atoms with Crippen LogP contribution in [0.25, 0.3) is 22.6 Å². The number of aromatic amines is 1. The summed E-state index contributed by atoms with van der Waals surface area (Å²) in [6.07, 6.45) is 0. The van der Waals surface area contributed by atoms with Crippen molar-refractivity contribution in [3.05, 3.63) is 36.0 Å². The molecule has 0 bridgehead atoms. The number of benzene rings is 2. The molecular formula is C21H25N3O4. The van der Waals surface area contributed by atoms with Gasteiger partial charge < -0.3 is 29.2 Å². The Labute approximate surface area is 164 Å². The van der Waals surface area contributed by atoms with Crippen LogP contribution in [0.5, 0.6) is 23.0 Å². The molecule has 7 heteroatoms. The number of imidazole rings is 1. The van der Waals surface area contributed by atoms with Crippen LogP contribution in [0.15, 0.2) is 30.3 Å². The highest BCUT2D eigenvalue weighted by Gasteiger charge is 2.17. The fourth-order valence-corrected chi connectivity index (χ4v) is 3.10. The van der Waals surface area contributed by atoms with E-state index in [4.69, 9.17) is 19.2 Å². The van der Waals surface area contributed by atoms with E-state index in [1.807, 2.05) is 44.1 Å². The largest absolute Gasteiger partial charge is 0.502 e. The van der Waals surface area contributed by atoms with Crippen molar-refractivity contribution in [2.45, 2.75) is 6.92 Å². The number of nitrogens with zero attached hydrogens (tertiary/aromatic N) is 2. The molecule has 0 aliphatic rings. The van der Waals surface area contributed by atoms with Gasteiger partial charge in [-0.15, -0.1) is 0 Å². The molecule has 0 unspecified atom stereocenters. The first kappa shape index (κ1) is 19.4. The lowest BCUT2D eigenvalue weighted by Crippen LogP contribution is -2.10. The van der Waals surface area contributed by atoms with Crippen LogP contribution >= 0.6 is 0 Å². The summed E-state index contributed by atoms with van der Waals surface area (Å²) in [5.41, 5.74) is 4.43. The number of nitrogens with one attached hydrogen (secondary N) is 1. The van der Waals surface area contributed by atoms with E-state index in [-0.39, 0.29) is 5.75 Å². The molecule has 0 saturated carbocycles. The van der Waals surface area contributed by atoms with Crippen molar-refractivity contribution in [3.8, 4) is 45.6 Å². The van der Waals surface area contributed by atoms with Gasteiger partial charge in [-0.2, -0.15) is 0 Å². The average Bonchev–Trinajstić information content (AvgIpc) is 3.09. The van der Waals surface area contributed by atoms with Crippen molar-refractivity contribution >= 4 is 5.69 Å². The highest BCUT2D eigenvalue weighted by molar-refractivity contribution is 5.74. The number of hydrogen-bond donors (Lipinski definition) is 2. The molecule has 7 nitrogen and oxygen atoms in total. The molecule has 28 heavy (non-hydrogen) atoms. The minimum atomic E-state index is -0.0405. The van der Waals surface area contributed by atoms with Crippen LogP contribution < -0.4 is 19.1 Å².